The summed E-state index contributed by atoms with van der Waals surface area (Å²) in [6.07, 6.45) is 2.07. The molecule has 1 N–H and O–H groups in total. The molecule has 82 valence electrons. The van der Waals surface area contributed by atoms with E-state index >= 15 is 0 Å². The van der Waals surface area contributed by atoms with Crippen LogP contribution in [0.2, 0.25) is 0 Å². The summed E-state index contributed by atoms with van der Waals surface area (Å²) >= 11 is 0. The van der Waals surface area contributed by atoms with Crippen LogP contribution in [0, 0.1) is 5.82 Å². The largest absolute Gasteiger partial charge is 0.302 e. The van der Waals surface area contributed by atoms with Gasteiger partial charge in [0.15, 0.2) is 0 Å². The SMILES string of the molecule is CC1(C)CCC(C)(c2ccccc2F)N1. The minimum atomic E-state index is -0.213. The van der Waals surface area contributed by atoms with Crippen molar-refractivity contribution in [2.75, 3.05) is 0 Å². The van der Waals surface area contributed by atoms with E-state index in [-0.39, 0.29) is 16.9 Å². The average molecular weight is 207 g/mol. The van der Waals surface area contributed by atoms with E-state index in [1.807, 2.05) is 12.1 Å². The van der Waals surface area contributed by atoms with Gasteiger partial charge in [-0.15, -0.1) is 0 Å². The molecule has 2 heteroatoms. The Kier molecular flexibility index (Phi) is 2.34. The van der Waals surface area contributed by atoms with Gasteiger partial charge < -0.3 is 5.32 Å². The highest BCUT2D eigenvalue weighted by molar-refractivity contribution is 5.27. The Morgan fingerprint density at radius 2 is 1.80 bits per heavy atom. The van der Waals surface area contributed by atoms with E-state index in [0.717, 1.165) is 18.4 Å². The van der Waals surface area contributed by atoms with Gasteiger partial charge in [-0.3, -0.25) is 0 Å². The molecule has 1 aliphatic rings. The van der Waals surface area contributed by atoms with Crippen LogP contribution in [0.15, 0.2) is 24.3 Å². The molecular formula is C13H18FN. The predicted molar refractivity (Wildman–Crippen MR) is 60.2 cm³/mol. The molecule has 1 heterocycles. The molecule has 1 unspecified atom stereocenters. The molecule has 0 amide bonds. The third kappa shape index (κ3) is 1.91. The van der Waals surface area contributed by atoms with Crippen molar-refractivity contribution in [2.45, 2.75) is 44.7 Å². The molecule has 1 nitrogen and oxygen atoms in total. The van der Waals surface area contributed by atoms with Crippen molar-refractivity contribution in [1.29, 1.82) is 0 Å². The zero-order valence-corrected chi connectivity index (χ0v) is 9.60. The lowest BCUT2D eigenvalue weighted by molar-refractivity contribution is 0.343. The molecule has 2 rings (SSSR count). The summed E-state index contributed by atoms with van der Waals surface area (Å²) in [5.41, 5.74) is 0.682. The molecule has 0 radical (unpaired) electrons. The second-order valence-electron chi connectivity index (χ2n) is 5.32. The fraction of sp³-hybridized carbons (Fsp3) is 0.538. The first-order valence-electron chi connectivity index (χ1n) is 5.47. The van der Waals surface area contributed by atoms with Crippen molar-refractivity contribution < 1.29 is 4.39 Å². The van der Waals surface area contributed by atoms with Gasteiger partial charge in [-0.25, -0.2) is 4.39 Å². The molecule has 0 bridgehead atoms. The van der Waals surface area contributed by atoms with Crippen molar-refractivity contribution in [3.8, 4) is 0 Å². The van der Waals surface area contributed by atoms with Gasteiger partial charge in [0, 0.05) is 16.6 Å². The van der Waals surface area contributed by atoms with Crippen molar-refractivity contribution in [2.24, 2.45) is 0 Å². The Bertz CT molecular complexity index is 373. The second kappa shape index (κ2) is 3.31. The smallest absolute Gasteiger partial charge is 0.128 e. The van der Waals surface area contributed by atoms with Crippen molar-refractivity contribution in [3.63, 3.8) is 0 Å². The van der Waals surface area contributed by atoms with Gasteiger partial charge in [0.1, 0.15) is 5.82 Å². The summed E-state index contributed by atoms with van der Waals surface area (Å²) < 4.78 is 13.7. The van der Waals surface area contributed by atoms with Crippen LogP contribution in [0.1, 0.15) is 39.2 Å². The topological polar surface area (TPSA) is 12.0 Å². The summed E-state index contributed by atoms with van der Waals surface area (Å²) in [5.74, 6) is -0.106. The van der Waals surface area contributed by atoms with Crippen LogP contribution >= 0.6 is 0 Å². The van der Waals surface area contributed by atoms with Gasteiger partial charge in [0.2, 0.25) is 0 Å². The molecule has 1 atom stereocenters. The standard InChI is InChI=1S/C13H18FN/c1-12(2)8-9-13(3,15-12)10-6-4-5-7-11(10)14/h4-7,15H,8-9H2,1-3H3. The van der Waals surface area contributed by atoms with Crippen LogP contribution in [0.3, 0.4) is 0 Å². The summed E-state index contributed by atoms with van der Waals surface area (Å²) in [6.45, 7) is 6.42. The molecule has 0 aliphatic carbocycles. The van der Waals surface area contributed by atoms with Gasteiger partial charge in [-0.05, 0) is 39.7 Å². The Morgan fingerprint density at radius 1 is 1.13 bits per heavy atom. The Morgan fingerprint density at radius 3 is 2.33 bits per heavy atom. The molecule has 1 aromatic carbocycles. The molecule has 15 heavy (non-hydrogen) atoms. The monoisotopic (exact) mass is 207 g/mol. The molecule has 1 aliphatic heterocycles. The molecular weight excluding hydrogens is 189 g/mol. The fourth-order valence-electron chi connectivity index (χ4n) is 2.55. The van der Waals surface area contributed by atoms with E-state index in [4.69, 9.17) is 0 Å². The third-order valence-corrected chi connectivity index (χ3v) is 3.33. The first-order valence-corrected chi connectivity index (χ1v) is 5.47. The van der Waals surface area contributed by atoms with E-state index in [2.05, 4.69) is 26.1 Å². The van der Waals surface area contributed by atoms with E-state index in [9.17, 15) is 4.39 Å². The van der Waals surface area contributed by atoms with Crippen LogP contribution in [-0.2, 0) is 5.54 Å². The summed E-state index contributed by atoms with van der Waals surface area (Å²) in [6, 6.07) is 7.05. The number of benzene rings is 1. The lowest BCUT2D eigenvalue weighted by atomic mass is 9.90. The van der Waals surface area contributed by atoms with Crippen LogP contribution in [0.4, 0.5) is 4.39 Å². The summed E-state index contributed by atoms with van der Waals surface area (Å²) in [5, 5.41) is 3.52. The normalized spacial score (nSPS) is 29.3. The molecule has 0 saturated carbocycles. The van der Waals surface area contributed by atoms with Gasteiger partial charge in [-0.2, -0.15) is 0 Å². The first-order chi connectivity index (χ1) is 6.93. The highest BCUT2D eigenvalue weighted by Gasteiger charge is 2.41. The van der Waals surface area contributed by atoms with Crippen LogP contribution in [0.25, 0.3) is 0 Å². The van der Waals surface area contributed by atoms with Gasteiger partial charge in [0.25, 0.3) is 0 Å². The molecule has 1 aromatic rings. The van der Waals surface area contributed by atoms with E-state index in [1.165, 1.54) is 6.07 Å². The third-order valence-electron chi connectivity index (χ3n) is 3.33. The zero-order valence-electron chi connectivity index (χ0n) is 9.60. The van der Waals surface area contributed by atoms with Crippen molar-refractivity contribution in [3.05, 3.63) is 35.6 Å². The Balaban J connectivity index is 2.36. The van der Waals surface area contributed by atoms with Gasteiger partial charge in [0.05, 0.1) is 0 Å². The maximum atomic E-state index is 13.7. The Labute approximate surface area is 90.7 Å². The maximum Gasteiger partial charge on any atom is 0.128 e. The van der Waals surface area contributed by atoms with E-state index in [0.29, 0.717) is 0 Å². The Hall–Kier alpha value is -0.890. The number of hydrogen-bond acceptors (Lipinski definition) is 1. The quantitative estimate of drug-likeness (QED) is 0.745. The lowest BCUT2D eigenvalue weighted by Crippen LogP contribution is -2.43. The molecule has 0 spiro atoms. The zero-order chi connectivity index (χ0) is 11.1. The van der Waals surface area contributed by atoms with Crippen LogP contribution in [0.5, 0.6) is 0 Å². The maximum absolute atomic E-state index is 13.7. The average Bonchev–Trinajstić information content (AvgIpc) is 2.42. The summed E-state index contributed by atoms with van der Waals surface area (Å²) in [7, 11) is 0. The van der Waals surface area contributed by atoms with E-state index in [1.54, 1.807) is 6.07 Å². The van der Waals surface area contributed by atoms with Crippen molar-refractivity contribution >= 4 is 0 Å². The second-order valence-corrected chi connectivity index (χ2v) is 5.32. The molecule has 0 aromatic heterocycles. The fourth-order valence-corrected chi connectivity index (χ4v) is 2.55. The number of rotatable bonds is 1. The van der Waals surface area contributed by atoms with E-state index < -0.39 is 0 Å². The number of halogens is 1. The minimum Gasteiger partial charge on any atom is -0.302 e. The van der Waals surface area contributed by atoms with Crippen LogP contribution in [-0.4, -0.2) is 5.54 Å². The molecule has 1 fully saturated rings. The van der Waals surface area contributed by atoms with Crippen molar-refractivity contribution in [1.82, 2.24) is 5.32 Å². The summed E-state index contributed by atoms with van der Waals surface area (Å²) in [4.78, 5) is 0. The predicted octanol–water partition coefficient (Wildman–Crippen LogP) is 3.20. The highest BCUT2D eigenvalue weighted by Crippen LogP contribution is 2.38. The van der Waals surface area contributed by atoms with Crippen LogP contribution < -0.4 is 5.32 Å². The highest BCUT2D eigenvalue weighted by atomic mass is 19.1. The first kappa shape index (κ1) is 10.6. The molecule has 1 saturated heterocycles. The van der Waals surface area contributed by atoms with Gasteiger partial charge in [-0.1, -0.05) is 18.2 Å². The number of hydrogen-bond donors (Lipinski definition) is 1. The number of nitrogens with one attached hydrogen (secondary N) is 1. The van der Waals surface area contributed by atoms with Gasteiger partial charge >= 0.3 is 0 Å². The lowest BCUT2D eigenvalue weighted by Gasteiger charge is -2.29. The minimum absolute atomic E-state index is 0.106.